The summed E-state index contributed by atoms with van der Waals surface area (Å²) in [7, 11) is 0. The molecule has 0 aliphatic carbocycles. The number of hydrogen-bond acceptors (Lipinski definition) is 2. The molecular formula is C11H22N2O. The first-order valence-corrected chi connectivity index (χ1v) is 5.65. The molecule has 82 valence electrons. The number of nitrogens with one attached hydrogen (secondary N) is 2. The van der Waals surface area contributed by atoms with Gasteiger partial charge in [0.25, 0.3) is 0 Å². The third kappa shape index (κ3) is 3.29. The van der Waals surface area contributed by atoms with Crippen LogP contribution in [0, 0.1) is 5.92 Å². The summed E-state index contributed by atoms with van der Waals surface area (Å²) in [5.41, 5.74) is 0. The van der Waals surface area contributed by atoms with Crippen LogP contribution in [0.5, 0.6) is 0 Å². The molecule has 0 aromatic heterocycles. The molecule has 0 aromatic carbocycles. The molecule has 0 saturated carbocycles. The summed E-state index contributed by atoms with van der Waals surface area (Å²) >= 11 is 0. The van der Waals surface area contributed by atoms with Gasteiger partial charge in [0.05, 0.1) is 6.04 Å². The molecule has 0 spiro atoms. The van der Waals surface area contributed by atoms with E-state index < -0.39 is 0 Å². The molecule has 1 aliphatic heterocycles. The Bertz CT molecular complexity index is 186. The third-order valence-corrected chi connectivity index (χ3v) is 3.00. The van der Waals surface area contributed by atoms with Gasteiger partial charge in [-0.1, -0.05) is 20.3 Å². The van der Waals surface area contributed by atoms with E-state index in [9.17, 15) is 4.79 Å². The first kappa shape index (κ1) is 11.5. The minimum absolute atomic E-state index is 0.0462. The van der Waals surface area contributed by atoms with Crippen LogP contribution in [0.25, 0.3) is 0 Å². The predicted molar refractivity (Wildman–Crippen MR) is 58.1 cm³/mol. The summed E-state index contributed by atoms with van der Waals surface area (Å²) in [6, 6.07) is 0.316. The summed E-state index contributed by atoms with van der Waals surface area (Å²) < 4.78 is 0. The van der Waals surface area contributed by atoms with Crippen LogP contribution in [-0.2, 0) is 4.79 Å². The lowest BCUT2D eigenvalue weighted by molar-refractivity contribution is -0.124. The smallest absolute Gasteiger partial charge is 0.237 e. The molecule has 0 aromatic rings. The van der Waals surface area contributed by atoms with E-state index in [1.165, 1.54) is 12.8 Å². The van der Waals surface area contributed by atoms with Crippen LogP contribution in [0.4, 0.5) is 0 Å². The van der Waals surface area contributed by atoms with Crippen molar-refractivity contribution in [3.8, 4) is 0 Å². The summed E-state index contributed by atoms with van der Waals surface area (Å²) in [5.74, 6) is 0.674. The number of piperidine rings is 1. The Balaban J connectivity index is 2.33. The van der Waals surface area contributed by atoms with Gasteiger partial charge in [-0.2, -0.15) is 0 Å². The van der Waals surface area contributed by atoms with Gasteiger partial charge >= 0.3 is 0 Å². The molecule has 0 radical (unpaired) electrons. The van der Waals surface area contributed by atoms with E-state index in [0.29, 0.717) is 5.92 Å². The zero-order valence-corrected chi connectivity index (χ0v) is 9.47. The molecule has 1 aliphatic rings. The van der Waals surface area contributed by atoms with E-state index in [0.717, 1.165) is 13.0 Å². The van der Waals surface area contributed by atoms with Crippen molar-refractivity contribution in [2.75, 3.05) is 6.54 Å². The molecule has 1 amide bonds. The summed E-state index contributed by atoms with van der Waals surface area (Å²) in [6.07, 6.45) is 3.35. The Morgan fingerprint density at radius 2 is 2.07 bits per heavy atom. The Kier molecular flexibility index (Phi) is 4.39. The fourth-order valence-corrected chi connectivity index (χ4v) is 1.57. The molecule has 1 rings (SSSR count). The molecule has 14 heavy (non-hydrogen) atoms. The zero-order chi connectivity index (χ0) is 10.6. The standard InChI is InChI=1S/C11H22N2O/c1-8(2)9(3)13-11(14)10-6-4-5-7-12-10/h8-10,12H,4-7H2,1-3H3,(H,13,14). The van der Waals surface area contributed by atoms with E-state index >= 15 is 0 Å². The summed E-state index contributed by atoms with van der Waals surface area (Å²) in [5, 5.41) is 6.30. The maximum atomic E-state index is 11.7. The Morgan fingerprint density at radius 1 is 1.36 bits per heavy atom. The Morgan fingerprint density at radius 3 is 2.57 bits per heavy atom. The lowest BCUT2D eigenvalue weighted by atomic mass is 10.0. The first-order chi connectivity index (χ1) is 6.61. The number of amides is 1. The van der Waals surface area contributed by atoms with E-state index in [1.54, 1.807) is 0 Å². The monoisotopic (exact) mass is 198 g/mol. The van der Waals surface area contributed by atoms with Gasteiger partial charge in [-0.15, -0.1) is 0 Å². The molecule has 2 atom stereocenters. The highest BCUT2D eigenvalue weighted by Crippen LogP contribution is 2.08. The highest BCUT2D eigenvalue weighted by Gasteiger charge is 2.22. The fraction of sp³-hybridized carbons (Fsp3) is 0.909. The van der Waals surface area contributed by atoms with E-state index in [-0.39, 0.29) is 18.0 Å². The van der Waals surface area contributed by atoms with Crippen LogP contribution in [0.2, 0.25) is 0 Å². The molecule has 1 saturated heterocycles. The van der Waals surface area contributed by atoms with E-state index in [4.69, 9.17) is 0 Å². The molecule has 0 bridgehead atoms. The summed E-state index contributed by atoms with van der Waals surface area (Å²) in [6.45, 7) is 7.29. The predicted octanol–water partition coefficient (Wildman–Crippen LogP) is 1.29. The van der Waals surface area contributed by atoms with Gasteiger partial charge < -0.3 is 10.6 Å². The minimum Gasteiger partial charge on any atom is -0.352 e. The second-order valence-corrected chi connectivity index (χ2v) is 4.54. The lowest BCUT2D eigenvalue weighted by Gasteiger charge is -2.25. The van der Waals surface area contributed by atoms with Crippen LogP contribution >= 0.6 is 0 Å². The molecule has 3 heteroatoms. The van der Waals surface area contributed by atoms with Crippen molar-refractivity contribution in [2.45, 2.75) is 52.1 Å². The van der Waals surface area contributed by atoms with E-state index in [2.05, 4.69) is 31.4 Å². The first-order valence-electron chi connectivity index (χ1n) is 5.65. The van der Waals surface area contributed by atoms with Crippen molar-refractivity contribution < 1.29 is 4.79 Å². The van der Waals surface area contributed by atoms with Gasteiger partial charge in [0.15, 0.2) is 0 Å². The van der Waals surface area contributed by atoms with Crippen molar-refractivity contribution in [3.05, 3.63) is 0 Å². The van der Waals surface area contributed by atoms with Gasteiger partial charge in [0.2, 0.25) is 5.91 Å². The van der Waals surface area contributed by atoms with Crippen LogP contribution < -0.4 is 10.6 Å². The minimum atomic E-state index is 0.0462. The van der Waals surface area contributed by atoms with Gasteiger partial charge in [-0.3, -0.25) is 4.79 Å². The number of carbonyl (C=O) groups is 1. The van der Waals surface area contributed by atoms with Gasteiger partial charge in [0.1, 0.15) is 0 Å². The van der Waals surface area contributed by atoms with Gasteiger partial charge in [-0.05, 0) is 32.2 Å². The Hall–Kier alpha value is -0.570. The van der Waals surface area contributed by atoms with Crippen molar-refractivity contribution in [3.63, 3.8) is 0 Å². The third-order valence-electron chi connectivity index (χ3n) is 3.00. The van der Waals surface area contributed by atoms with Crippen LogP contribution in [0.15, 0.2) is 0 Å². The molecule has 1 heterocycles. The number of carbonyl (C=O) groups excluding carboxylic acids is 1. The van der Waals surface area contributed by atoms with Crippen molar-refractivity contribution >= 4 is 5.91 Å². The average molecular weight is 198 g/mol. The molecule has 2 N–H and O–H groups in total. The molecule has 2 unspecified atom stereocenters. The fourth-order valence-electron chi connectivity index (χ4n) is 1.57. The maximum absolute atomic E-state index is 11.7. The van der Waals surface area contributed by atoms with Crippen LogP contribution in [-0.4, -0.2) is 24.5 Å². The number of rotatable bonds is 3. The number of hydrogen-bond donors (Lipinski definition) is 2. The van der Waals surface area contributed by atoms with Crippen LogP contribution in [0.1, 0.15) is 40.0 Å². The second-order valence-electron chi connectivity index (χ2n) is 4.54. The highest BCUT2D eigenvalue weighted by molar-refractivity contribution is 5.82. The van der Waals surface area contributed by atoms with Gasteiger partial charge in [0, 0.05) is 6.04 Å². The molecule has 1 fully saturated rings. The lowest BCUT2D eigenvalue weighted by Crippen LogP contribution is -2.49. The Labute approximate surface area is 86.6 Å². The SMILES string of the molecule is CC(C)C(C)NC(=O)C1CCCCN1. The maximum Gasteiger partial charge on any atom is 0.237 e. The normalized spacial score (nSPS) is 24.7. The molecular weight excluding hydrogens is 176 g/mol. The van der Waals surface area contributed by atoms with Crippen molar-refractivity contribution in [2.24, 2.45) is 5.92 Å². The molecule has 3 nitrogen and oxygen atoms in total. The topological polar surface area (TPSA) is 41.1 Å². The second kappa shape index (κ2) is 5.35. The summed E-state index contributed by atoms with van der Waals surface area (Å²) in [4.78, 5) is 11.7. The van der Waals surface area contributed by atoms with Crippen molar-refractivity contribution in [1.29, 1.82) is 0 Å². The largest absolute Gasteiger partial charge is 0.352 e. The quantitative estimate of drug-likeness (QED) is 0.717. The van der Waals surface area contributed by atoms with Crippen molar-refractivity contribution in [1.82, 2.24) is 10.6 Å². The average Bonchev–Trinajstić information content (AvgIpc) is 2.19. The highest BCUT2D eigenvalue weighted by atomic mass is 16.2. The van der Waals surface area contributed by atoms with Gasteiger partial charge in [-0.25, -0.2) is 0 Å². The van der Waals surface area contributed by atoms with Crippen LogP contribution in [0.3, 0.4) is 0 Å². The zero-order valence-electron chi connectivity index (χ0n) is 9.47. The van der Waals surface area contributed by atoms with E-state index in [1.807, 2.05) is 0 Å².